The third-order valence-electron chi connectivity index (χ3n) is 2.66. The summed E-state index contributed by atoms with van der Waals surface area (Å²) >= 11 is 0. The van der Waals surface area contributed by atoms with E-state index in [4.69, 9.17) is 0 Å². The van der Waals surface area contributed by atoms with Gasteiger partial charge in [0.1, 0.15) is 0 Å². The van der Waals surface area contributed by atoms with Crippen molar-refractivity contribution in [2.24, 2.45) is 13.0 Å². The molecule has 0 fully saturated rings. The summed E-state index contributed by atoms with van der Waals surface area (Å²) in [5.41, 5.74) is 0.911. The van der Waals surface area contributed by atoms with Gasteiger partial charge >= 0.3 is 0 Å². The summed E-state index contributed by atoms with van der Waals surface area (Å²) in [6, 6.07) is 1.88. The van der Waals surface area contributed by atoms with Crippen LogP contribution in [0.25, 0.3) is 0 Å². The number of aryl methyl sites for hydroxylation is 1. The van der Waals surface area contributed by atoms with Crippen molar-refractivity contribution < 1.29 is 5.11 Å². The predicted octanol–water partition coefficient (Wildman–Crippen LogP) is 1.89. The van der Waals surface area contributed by atoms with Crippen LogP contribution in [0.15, 0.2) is 12.3 Å². The van der Waals surface area contributed by atoms with Gasteiger partial charge < -0.3 is 5.11 Å². The largest absolute Gasteiger partial charge is 0.387 e. The molecule has 74 valence electrons. The summed E-state index contributed by atoms with van der Waals surface area (Å²) in [5, 5.41) is 14.0. The van der Waals surface area contributed by atoms with Crippen LogP contribution in [0, 0.1) is 5.92 Å². The van der Waals surface area contributed by atoms with E-state index in [0.717, 1.165) is 18.5 Å². The first-order valence-electron chi connectivity index (χ1n) is 4.86. The topological polar surface area (TPSA) is 38.1 Å². The highest BCUT2D eigenvalue weighted by molar-refractivity contribution is 5.05. The van der Waals surface area contributed by atoms with Crippen molar-refractivity contribution in [3.8, 4) is 0 Å². The Bertz CT molecular complexity index is 253. The highest BCUT2D eigenvalue weighted by Gasteiger charge is 2.19. The van der Waals surface area contributed by atoms with E-state index in [0.29, 0.717) is 5.92 Å². The molecule has 1 aromatic rings. The molecule has 0 spiro atoms. The van der Waals surface area contributed by atoms with Crippen LogP contribution in [-0.4, -0.2) is 14.9 Å². The van der Waals surface area contributed by atoms with Crippen LogP contribution >= 0.6 is 0 Å². The van der Waals surface area contributed by atoms with Crippen LogP contribution < -0.4 is 0 Å². The second-order valence-corrected chi connectivity index (χ2v) is 3.40. The molecule has 0 radical (unpaired) electrons. The molecule has 0 amide bonds. The Morgan fingerprint density at radius 2 is 2.08 bits per heavy atom. The van der Waals surface area contributed by atoms with E-state index < -0.39 is 0 Å². The number of hydrogen-bond acceptors (Lipinski definition) is 2. The first-order valence-corrected chi connectivity index (χ1v) is 4.86. The Balaban J connectivity index is 2.77. The lowest BCUT2D eigenvalue weighted by Crippen LogP contribution is -2.14. The van der Waals surface area contributed by atoms with Gasteiger partial charge in [-0.3, -0.25) is 4.68 Å². The van der Waals surface area contributed by atoms with E-state index >= 15 is 0 Å². The van der Waals surface area contributed by atoms with E-state index in [1.54, 1.807) is 10.9 Å². The molecule has 1 atom stereocenters. The van der Waals surface area contributed by atoms with Crippen molar-refractivity contribution >= 4 is 0 Å². The van der Waals surface area contributed by atoms with Gasteiger partial charge in [-0.15, -0.1) is 0 Å². The summed E-state index contributed by atoms with van der Waals surface area (Å²) < 4.78 is 1.74. The monoisotopic (exact) mass is 182 g/mol. The van der Waals surface area contributed by atoms with Gasteiger partial charge in [-0.05, 0) is 12.0 Å². The van der Waals surface area contributed by atoms with Gasteiger partial charge in [-0.2, -0.15) is 5.10 Å². The van der Waals surface area contributed by atoms with E-state index in [2.05, 4.69) is 18.9 Å². The molecule has 3 heteroatoms. The summed E-state index contributed by atoms with van der Waals surface area (Å²) in [5.74, 6) is 0.343. The van der Waals surface area contributed by atoms with Crippen LogP contribution in [0.3, 0.4) is 0 Å². The number of rotatable bonds is 4. The summed E-state index contributed by atoms with van der Waals surface area (Å²) in [4.78, 5) is 0. The fourth-order valence-electron chi connectivity index (χ4n) is 1.65. The van der Waals surface area contributed by atoms with Gasteiger partial charge in [0.2, 0.25) is 0 Å². The minimum atomic E-state index is -0.373. The first kappa shape index (κ1) is 10.3. The molecule has 3 nitrogen and oxygen atoms in total. The maximum absolute atomic E-state index is 9.99. The number of aromatic nitrogens is 2. The molecular weight excluding hydrogens is 164 g/mol. The Hall–Kier alpha value is -0.830. The second-order valence-electron chi connectivity index (χ2n) is 3.40. The maximum Gasteiger partial charge on any atom is 0.0984 e. The average Bonchev–Trinajstić information content (AvgIpc) is 2.53. The standard InChI is InChI=1S/C10H18N2O/c1-4-8(5-2)10(13)9-6-7-11-12(9)3/h6-8,10,13H,4-5H2,1-3H3. The quantitative estimate of drug-likeness (QED) is 0.772. The van der Waals surface area contributed by atoms with Crippen molar-refractivity contribution in [2.45, 2.75) is 32.8 Å². The van der Waals surface area contributed by atoms with Crippen molar-refractivity contribution in [1.82, 2.24) is 9.78 Å². The fourth-order valence-corrected chi connectivity index (χ4v) is 1.65. The summed E-state index contributed by atoms with van der Waals surface area (Å²) in [6.45, 7) is 4.21. The third-order valence-corrected chi connectivity index (χ3v) is 2.66. The molecule has 1 rings (SSSR count). The SMILES string of the molecule is CCC(CC)C(O)c1ccnn1C. The second kappa shape index (κ2) is 4.42. The molecule has 1 unspecified atom stereocenters. The molecule has 0 aliphatic rings. The van der Waals surface area contributed by atoms with Gasteiger partial charge in [0, 0.05) is 13.2 Å². The van der Waals surface area contributed by atoms with Gasteiger partial charge in [-0.1, -0.05) is 26.7 Å². The molecule has 13 heavy (non-hydrogen) atoms. The van der Waals surface area contributed by atoms with Crippen molar-refractivity contribution in [1.29, 1.82) is 0 Å². The Morgan fingerprint density at radius 3 is 2.46 bits per heavy atom. The van der Waals surface area contributed by atoms with E-state index in [9.17, 15) is 5.11 Å². The first-order chi connectivity index (χ1) is 6.20. The lowest BCUT2D eigenvalue weighted by molar-refractivity contribution is 0.0953. The Kier molecular flexibility index (Phi) is 3.48. The molecule has 0 aliphatic carbocycles. The van der Waals surface area contributed by atoms with Gasteiger partial charge in [0.05, 0.1) is 11.8 Å². The zero-order chi connectivity index (χ0) is 9.84. The number of aliphatic hydroxyl groups is 1. The van der Waals surface area contributed by atoms with Crippen molar-refractivity contribution in [3.05, 3.63) is 18.0 Å². The van der Waals surface area contributed by atoms with Crippen LogP contribution in [0.4, 0.5) is 0 Å². The Labute approximate surface area is 79.4 Å². The molecule has 0 bridgehead atoms. The van der Waals surface area contributed by atoms with Crippen molar-refractivity contribution in [3.63, 3.8) is 0 Å². The zero-order valence-corrected chi connectivity index (χ0v) is 8.57. The third kappa shape index (κ3) is 2.10. The minimum Gasteiger partial charge on any atom is -0.387 e. The maximum atomic E-state index is 9.99. The average molecular weight is 182 g/mol. The number of nitrogens with zero attached hydrogens (tertiary/aromatic N) is 2. The highest BCUT2D eigenvalue weighted by Crippen LogP contribution is 2.26. The van der Waals surface area contributed by atoms with Gasteiger partial charge in [0.15, 0.2) is 0 Å². The molecular formula is C10H18N2O. The van der Waals surface area contributed by atoms with Gasteiger partial charge in [0.25, 0.3) is 0 Å². The lowest BCUT2D eigenvalue weighted by Gasteiger charge is -2.19. The molecule has 0 saturated heterocycles. The minimum absolute atomic E-state index is 0.343. The number of aliphatic hydroxyl groups excluding tert-OH is 1. The molecule has 0 aromatic carbocycles. The van der Waals surface area contributed by atoms with E-state index in [1.165, 1.54) is 0 Å². The van der Waals surface area contributed by atoms with Crippen LogP contribution in [-0.2, 0) is 7.05 Å². The fraction of sp³-hybridized carbons (Fsp3) is 0.700. The van der Waals surface area contributed by atoms with Crippen LogP contribution in [0.2, 0.25) is 0 Å². The molecule has 1 heterocycles. The van der Waals surface area contributed by atoms with Gasteiger partial charge in [-0.25, -0.2) is 0 Å². The van der Waals surface area contributed by atoms with Crippen LogP contribution in [0.1, 0.15) is 38.5 Å². The Morgan fingerprint density at radius 1 is 1.46 bits per heavy atom. The van der Waals surface area contributed by atoms with Crippen molar-refractivity contribution in [2.75, 3.05) is 0 Å². The van der Waals surface area contributed by atoms with E-state index in [-0.39, 0.29) is 6.10 Å². The smallest absolute Gasteiger partial charge is 0.0984 e. The molecule has 1 aromatic heterocycles. The zero-order valence-electron chi connectivity index (χ0n) is 8.57. The van der Waals surface area contributed by atoms with Crippen LogP contribution in [0.5, 0.6) is 0 Å². The predicted molar refractivity (Wildman–Crippen MR) is 52.2 cm³/mol. The lowest BCUT2D eigenvalue weighted by atomic mass is 9.94. The summed E-state index contributed by atoms with van der Waals surface area (Å²) in [7, 11) is 1.86. The molecule has 1 N–H and O–H groups in total. The number of hydrogen-bond donors (Lipinski definition) is 1. The normalized spacial score (nSPS) is 13.6. The van der Waals surface area contributed by atoms with E-state index in [1.807, 2.05) is 13.1 Å². The molecule has 0 saturated carbocycles. The summed E-state index contributed by atoms with van der Waals surface area (Å²) in [6.07, 6.45) is 3.36. The molecule has 0 aliphatic heterocycles. The highest BCUT2D eigenvalue weighted by atomic mass is 16.3.